The molecule has 3 N–H and O–H groups in total. The Morgan fingerprint density at radius 1 is 1.06 bits per heavy atom. The minimum absolute atomic E-state index is 0.446. The Morgan fingerprint density at radius 3 is 2.71 bits per heavy atom. The number of hydrogen-bond acceptors (Lipinski definition) is 6. The first-order valence-electron chi connectivity index (χ1n) is 12.7. The predicted molar refractivity (Wildman–Crippen MR) is 143 cm³/mol. The van der Waals surface area contributed by atoms with Gasteiger partial charge in [-0.3, -0.25) is 15.3 Å². The average molecular weight is 479 g/mol. The normalized spacial score (nSPS) is 11.9. The first-order valence-corrected chi connectivity index (χ1v) is 12.7. The van der Waals surface area contributed by atoms with Crippen molar-refractivity contribution in [3.8, 4) is 0 Å². The molecule has 0 amide bonds. The number of aryl methyl sites for hydroxylation is 1. The Bertz CT molecular complexity index is 930. The number of aliphatic hydroxyl groups is 1. The lowest BCUT2D eigenvalue weighted by molar-refractivity contribution is 0.134. The summed E-state index contributed by atoms with van der Waals surface area (Å²) in [7, 11) is 1.93. The number of nitrogens with one attached hydrogen (secondary N) is 2. The first kappa shape index (κ1) is 28.4. The van der Waals surface area contributed by atoms with Crippen LogP contribution in [0.25, 0.3) is 0 Å². The molecule has 0 bridgehead atoms. The van der Waals surface area contributed by atoms with Crippen LogP contribution in [0.15, 0.2) is 67.2 Å². The second-order valence-electron chi connectivity index (χ2n) is 8.63. The molecule has 2 aromatic rings. The van der Waals surface area contributed by atoms with E-state index < -0.39 is 6.23 Å². The fraction of sp³-hybridized carbons (Fsp3) is 0.448. The van der Waals surface area contributed by atoms with E-state index in [1.165, 1.54) is 12.8 Å². The molecule has 2 rings (SSSR count). The molecule has 0 aromatic carbocycles. The number of aromatic nitrogens is 2. The van der Waals surface area contributed by atoms with E-state index in [-0.39, 0.29) is 0 Å². The lowest BCUT2D eigenvalue weighted by atomic mass is 10.0. The number of hydrogen-bond donors (Lipinski definition) is 3. The van der Waals surface area contributed by atoms with E-state index in [9.17, 15) is 5.11 Å². The van der Waals surface area contributed by atoms with E-state index in [1.54, 1.807) is 12.5 Å². The maximum absolute atomic E-state index is 10.8. The Balaban J connectivity index is 2.11. The zero-order valence-electron chi connectivity index (χ0n) is 21.5. The van der Waals surface area contributed by atoms with Crippen LogP contribution in [0.3, 0.4) is 0 Å². The van der Waals surface area contributed by atoms with E-state index in [0.717, 1.165) is 54.7 Å². The molecule has 0 spiro atoms. The summed E-state index contributed by atoms with van der Waals surface area (Å²) in [6, 6.07) is 14.0. The first-order chi connectivity index (χ1) is 17.1. The Hall–Kier alpha value is -2.80. The van der Waals surface area contributed by atoms with E-state index in [1.807, 2.05) is 49.7 Å². The molecule has 2 aromatic heterocycles. The van der Waals surface area contributed by atoms with Crippen molar-refractivity contribution < 1.29 is 9.84 Å². The van der Waals surface area contributed by atoms with Gasteiger partial charge in [0.05, 0.1) is 17.6 Å². The lowest BCUT2D eigenvalue weighted by Gasteiger charge is -2.13. The van der Waals surface area contributed by atoms with Crippen molar-refractivity contribution in [3.05, 3.63) is 95.3 Å². The van der Waals surface area contributed by atoms with E-state index in [2.05, 4.69) is 46.6 Å². The Kier molecular flexibility index (Phi) is 14.3. The molecule has 2 heterocycles. The molecular formula is C29H42N4O2. The van der Waals surface area contributed by atoms with Gasteiger partial charge >= 0.3 is 0 Å². The van der Waals surface area contributed by atoms with Gasteiger partial charge in [-0.15, -0.1) is 0 Å². The van der Waals surface area contributed by atoms with E-state index in [0.29, 0.717) is 18.7 Å². The number of pyridine rings is 1. The van der Waals surface area contributed by atoms with Crippen molar-refractivity contribution in [3.63, 3.8) is 0 Å². The minimum atomic E-state index is -0.814. The lowest BCUT2D eigenvalue weighted by Crippen LogP contribution is -2.22. The molecule has 0 fully saturated rings. The molecule has 190 valence electrons. The fourth-order valence-corrected chi connectivity index (χ4v) is 3.48. The van der Waals surface area contributed by atoms with Crippen molar-refractivity contribution in [1.29, 1.82) is 0 Å². The SMILES string of the molecule is CCCCCCNC(O)c1cc(Cc2ccc(CO/C=C\CCNC)nc2)c(C)cccccn1. The minimum Gasteiger partial charge on any atom is -0.495 e. The van der Waals surface area contributed by atoms with E-state index in [4.69, 9.17) is 4.74 Å². The smallest absolute Gasteiger partial charge is 0.148 e. The maximum atomic E-state index is 10.8. The van der Waals surface area contributed by atoms with Gasteiger partial charge in [-0.05, 0) is 87.3 Å². The van der Waals surface area contributed by atoms with Crippen LogP contribution in [-0.2, 0) is 17.8 Å². The second-order valence-corrected chi connectivity index (χ2v) is 8.63. The topological polar surface area (TPSA) is 79.3 Å². The molecule has 6 heteroatoms. The van der Waals surface area contributed by atoms with Gasteiger partial charge in [-0.2, -0.15) is 0 Å². The van der Waals surface area contributed by atoms with E-state index >= 15 is 0 Å². The molecule has 0 aliphatic heterocycles. The number of aliphatic hydroxyl groups excluding tert-OH is 1. The van der Waals surface area contributed by atoms with Gasteiger partial charge in [0.1, 0.15) is 12.8 Å². The van der Waals surface area contributed by atoms with Crippen molar-refractivity contribution in [2.75, 3.05) is 20.1 Å². The number of unbranched alkanes of at least 4 members (excludes halogenated alkanes) is 3. The summed E-state index contributed by atoms with van der Waals surface area (Å²) in [5, 5.41) is 17.1. The Morgan fingerprint density at radius 2 is 1.94 bits per heavy atom. The molecule has 1 atom stereocenters. The van der Waals surface area contributed by atoms with Gasteiger partial charge in [-0.25, -0.2) is 0 Å². The van der Waals surface area contributed by atoms with Crippen LogP contribution in [0.2, 0.25) is 0 Å². The summed E-state index contributed by atoms with van der Waals surface area (Å²) in [6.45, 7) is 6.42. The molecule has 0 radical (unpaired) electrons. The average Bonchev–Trinajstić information content (AvgIpc) is 2.87. The molecule has 0 saturated heterocycles. The van der Waals surface area contributed by atoms with Gasteiger partial charge in [-0.1, -0.05) is 50.5 Å². The second kappa shape index (κ2) is 17.6. The zero-order valence-corrected chi connectivity index (χ0v) is 21.5. The summed E-state index contributed by atoms with van der Waals surface area (Å²) in [5.41, 5.74) is 4.80. The highest BCUT2D eigenvalue weighted by atomic mass is 16.5. The standard InChI is InChI=1S/C29H42N4O2/c1-4-5-6-9-18-32-29(34)28-21-26(24(2)13-8-7-10-17-31-28)20-25-14-15-27(33-22-25)23-35-19-12-11-16-30-3/h7-8,10,12-15,17,19,21-22,29-30,32,34H,4-6,9,11,16,18,20,23H2,1-3H3/b8-7?,10-7?,13-8?,17-10?,19-12-,24-13?,26-21?,26-24?,28-21?,31-17?,31-28?. The molecule has 6 nitrogen and oxygen atoms in total. The highest BCUT2D eigenvalue weighted by molar-refractivity contribution is 5.31. The summed E-state index contributed by atoms with van der Waals surface area (Å²) in [5.74, 6) is 0. The third-order valence-electron chi connectivity index (χ3n) is 5.62. The van der Waals surface area contributed by atoms with Crippen LogP contribution in [0.1, 0.15) is 73.3 Å². The highest BCUT2D eigenvalue weighted by Crippen LogP contribution is 2.16. The summed E-state index contributed by atoms with van der Waals surface area (Å²) in [6.07, 6.45) is 12.8. The monoisotopic (exact) mass is 478 g/mol. The van der Waals surface area contributed by atoms with Crippen LogP contribution < -0.4 is 10.6 Å². The Labute approximate surface area is 211 Å². The van der Waals surface area contributed by atoms with Crippen molar-refractivity contribution in [2.24, 2.45) is 0 Å². The molecular weight excluding hydrogens is 436 g/mol. The third kappa shape index (κ3) is 11.9. The maximum Gasteiger partial charge on any atom is 0.148 e. The van der Waals surface area contributed by atoms with Crippen LogP contribution in [0.5, 0.6) is 0 Å². The molecule has 1 unspecified atom stereocenters. The number of ether oxygens (including phenoxy) is 1. The molecule has 0 aliphatic carbocycles. The van der Waals surface area contributed by atoms with Gasteiger partial charge in [0.25, 0.3) is 0 Å². The summed E-state index contributed by atoms with van der Waals surface area (Å²) < 4.78 is 5.57. The van der Waals surface area contributed by atoms with Gasteiger partial charge in [0, 0.05) is 12.4 Å². The number of nitrogens with zero attached hydrogens (tertiary/aromatic N) is 2. The van der Waals surface area contributed by atoms with Crippen LogP contribution >= 0.6 is 0 Å². The van der Waals surface area contributed by atoms with Crippen LogP contribution in [0.4, 0.5) is 0 Å². The van der Waals surface area contributed by atoms with Gasteiger partial charge in [0.15, 0.2) is 0 Å². The fourth-order valence-electron chi connectivity index (χ4n) is 3.48. The van der Waals surface area contributed by atoms with Crippen molar-refractivity contribution in [1.82, 2.24) is 20.6 Å². The van der Waals surface area contributed by atoms with Crippen molar-refractivity contribution >= 4 is 0 Å². The highest BCUT2D eigenvalue weighted by Gasteiger charge is 2.09. The number of rotatable bonds is 15. The predicted octanol–water partition coefficient (Wildman–Crippen LogP) is 5.30. The van der Waals surface area contributed by atoms with Crippen molar-refractivity contribution in [2.45, 2.75) is 65.2 Å². The van der Waals surface area contributed by atoms with Gasteiger partial charge < -0.3 is 15.2 Å². The summed E-state index contributed by atoms with van der Waals surface area (Å²) in [4.78, 5) is 9.09. The van der Waals surface area contributed by atoms with Gasteiger partial charge in [0.2, 0.25) is 0 Å². The molecule has 0 aliphatic rings. The molecule has 0 saturated carbocycles. The largest absolute Gasteiger partial charge is 0.495 e. The third-order valence-corrected chi connectivity index (χ3v) is 5.62. The molecule has 35 heavy (non-hydrogen) atoms. The summed E-state index contributed by atoms with van der Waals surface area (Å²) >= 11 is 0. The zero-order chi connectivity index (χ0) is 25.1. The van der Waals surface area contributed by atoms with Crippen LogP contribution in [-0.4, -0.2) is 35.2 Å². The van der Waals surface area contributed by atoms with Crippen LogP contribution in [0, 0.1) is 6.92 Å². The quantitative estimate of drug-likeness (QED) is 0.183.